The van der Waals surface area contributed by atoms with Crippen LogP contribution in [0.5, 0.6) is 0 Å². The van der Waals surface area contributed by atoms with Crippen LogP contribution in [0.3, 0.4) is 0 Å². The van der Waals surface area contributed by atoms with Crippen molar-refractivity contribution in [2.45, 2.75) is 32.4 Å². The highest BCUT2D eigenvalue weighted by Gasteiger charge is 2.32. The van der Waals surface area contributed by atoms with Crippen LogP contribution in [-0.2, 0) is 18.3 Å². The van der Waals surface area contributed by atoms with Crippen molar-refractivity contribution in [1.82, 2.24) is 20.0 Å². The van der Waals surface area contributed by atoms with Crippen LogP contribution in [0.4, 0.5) is 5.82 Å². The molecule has 3 rings (SSSR count). The standard InChI is InChI=1S/C17H31N5O/c1-13-15(11-18-12-16(20(2)3)14-5-6-14)17(21(4)19-13)22-7-9-23-10-8-22/h14,16,18H,5-12H2,1-4H3. The summed E-state index contributed by atoms with van der Waals surface area (Å²) in [4.78, 5) is 4.77. The van der Waals surface area contributed by atoms with Crippen LogP contribution in [0, 0.1) is 12.8 Å². The lowest BCUT2D eigenvalue weighted by atomic mass is 10.1. The van der Waals surface area contributed by atoms with Crippen molar-refractivity contribution >= 4 is 5.82 Å². The minimum Gasteiger partial charge on any atom is -0.378 e. The average molecular weight is 321 g/mol. The summed E-state index contributed by atoms with van der Waals surface area (Å²) in [5.41, 5.74) is 2.47. The van der Waals surface area contributed by atoms with Gasteiger partial charge in [-0.3, -0.25) is 4.68 Å². The Kier molecular flexibility index (Phi) is 5.24. The van der Waals surface area contributed by atoms with Crippen LogP contribution in [0.25, 0.3) is 0 Å². The minimum atomic E-state index is 0.652. The highest BCUT2D eigenvalue weighted by Crippen LogP contribution is 2.34. The molecule has 1 N–H and O–H groups in total. The second kappa shape index (κ2) is 7.20. The van der Waals surface area contributed by atoms with Crippen LogP contribution < -0.4 is 10.2 Å². The van der Waals surface area contributed by atoms with Gasteiger partial charge in [0.15, 0.2) is 0 Å². The molecule has 130 valence electrons. The summed E-state index contributed by atoms with van der Waals surface area (Å²) in [6.45, 7) is 7.58. The number of morpholine rings is 1. The molecule has 1 aliphatic heterocycles. The normalized spacial score (nSPS) is 20.3. The number of rotatable bonds is 7. The molecule has 2 heterocycles. The molecule has 2 aliphatic rings. The Morgan fingerprint density at radius 1 is 1.30 bits per heavy atom. The average Bonchev–Trinajstić information content (AvgIpc) is 3.30. The molecular formula is C17H31N5O. The smallest absolute Gasteiger partial charge is 0.131 e. The summed E-state index contributed by atoms with van der Waals surface area (Å²) < 4.78 is 7.52. The van der Waals surface area contributed by atoms with Crippen LogP contribution in [-0.4, -0.2) is 67.7 Å². The summed E-state index contributed by atoms with van der Waals surface area (Å²) >= 11 is 0. The first-order valence-corrected chi connectivity index (χ1v) is 8.80. The Balaban J connectivity index is 1.64. The SMILES string of the molecule is Cc1nn(C)c(N2CCOCC2)c1CNCC(C1CC1)N(C)C. The van der Waals surface area contributed by atoms with Crippen molar-refractivity contribution in [1.29, 1.82) is 0 Å². The lowest BCUT2D eigenvalue weighted by Crippen LogP contribution is -2.40. The van der Waals surface area contributed by atoms with E-state index < -0.39 is 0 Å². The Morgan fingerprint density at radius 3 is 2.61 bits per heavy atom. The van der Waals surface area contributed by atoms with Gasteiger partial charge in [-0.1, -0.05) is 0 Å². The number of hydrogen-bond donors (Lipinski definition) is 1. The maximum absolute atomic E-state index is 5.49. The number of anilines is 1. The van der Waals surface area contributed by atoms with E-state index in [-0.39, 0.29) is 0 Å². The molecule has 1 saturated carbocycles. The van der Waals surface area contributed by atoms with Crippen LogP contribution in [0.1, 0.15) is 24.1 Å². The highest BCUT2D eigenvalue weighted by atomic mass is 16.5. The van der Waals surface area contributed by atoms with E-state index in [4.69, 9.17) is 4.74 Å². The van der Waals surface area contributed by atoms with E-state index in [9.17, 15) is 0 Å². The lowest BCUT2D eigenvalue weighted by Gasteiger charge is -2.30. The number of nitrogens with one attached hydrogen (secondary N) is 1. The quantitative estimate of drug-likeness (QED) is 0.812. The van der Waals surface area contributed by atoms with Crippen molar-refractivity contribution in [3.05, 3.63) is 11.3 Å². The molecule has 0 aromatic carbocycles. The Labute approximate surface area is 139 Å². The van der Waals surface area contributed by atoms with Crippen LogP contribution >= 0.6 is 0 Å². The van der Waals surface area contributed by atoms with Crippen molar-refractivity contribution in [2.75, 3.05) is 51.8 Å². The molecule has 23 heavy (non-hydrogen) atoms. The van der Waals surface area contributed by atoms with E-state index in [2.05, 4.69) is 41.2 Å². The first-order valence-electron chi connectivity index (χ1n) is 8.80. The molecule has 0 radical (unpaired) electrons. The van der Waals surface area contributed by atoms with Gasteiger partial charge in [-0.15, -0.1) is 0 Å². The number of nitrogens with zero attached hydrogens (tertiary/aromatic N) is 4. The molecule has 0 amide bonds. The molecule has 0 bridgehead atoms. The third-order valence-corrected chi connectivity index (χ3v) is 5.11. The molecule has 1 saturated heterocycles. The Bertz CT molecular complexity index is 515. The lowest BCUT2D eigenvalue weighted by molar-refractivity contribution is 0.122. The van der Waals surface area contributed by atoms with Gasteiger partial charge in [-0.25, -0.2) is 0 Å². The zero-order chi connectivity index (χ0) is 16.4. The summed E-state index contributed by atoms with van der Waals surface area (Å²) in [6.07, 6.45) is 2.77. The fraction of sp³-hybridized carbons (Fsp3) is 0.824. The minimum absolute atomic E-state index is 0.652. The fourth-order valence-corrected chi connectivity index (χ4v) is 3.66. The molecule has 0 spiro atoms. The van der Waals surface area contributed by atoms with E-state index in [0.717, 1.165) is 51.0 Å². The molecule has 1 unspecified atom stereocenters. The van der Waals surface area contributed by atoms with Gasteiger partial charge in [0.2, 0.25) is 0 Å². The van der Waals surface area contributed by atoms with Crippen molar-refractivity contribution in [3.63, 3.8) is 0 Å². The summed E-state index contributed by atoms with van der Waals surface area (Å²) in [5.74, 6) is 2.14. The van der Waals surface area contributed by atoms with Gasteiger partial charge in [0.25, 0.3) is 0 Å². The number of hydrogen-bond acceptors (Lipinski definition) is 5. The monoisotopic (exact) mass is 321 g/mol. The molecule has 2 fully saturated rings. The largest absolute Gasteiger partial charge is 0.378 e. The van der Waals surface area contributed by atoms with Gasteiger partial charge in [-0.2, -0.15) is 5.10 Å². The topological polar surface area (TPSA) is 45.6 Å². The van der Waals surface area contributed by atoms with Crippen molar-refractivity contribution in [2.24, 2.45) is 13.0 Å². The first kappa shape index (κ1) is 16.7. The number of aromatic nitrogens is 2. The summed E-state index contributed by atoms with van der Waals surface area (Å²) in [5, 5.41) is 8.34. The molecule has 1 atom stereocenters. The van der Waals surface area contributed by atoms with E-state index in [1.54, 1.807) is 0 Å². The highest BCUT2D eigenvalue weighted by molar-refractivity contribution is 5.50. The van der Waals surface area contributed by atoms with Gasteiger partial charge in [-0.05, 0) is 39.8 Å². The van der Waals surface area contributed by atoms with Crippen LogP contribution in [0.15, 0.2) is 0 Å². The van der Waals surface area contributed by atoms with Crippen molar-refractivity contribution in [3.8, 4) is 0 Å². The van der Waals surface area contributed by atoms with Crippen molar-refractivity contribution < 1.29 is 4.74 Å². The second-order valence-electron chi connectivity index (χ2n) is 7.11. The third kappa shape index (κ3) is 3.87. The number of likely N-dealkylation sites (N-methyl/N-ethyl adjacent to an activating group) is 1. The predicted molar refractivity (Wildman–Crippen MR) is 92.9 cm³/mol. The summed E-state index contributed by atoms with van der Waals surface area (Å²) in [7, 11) is 6.44. The maximum atomic E-state index is 5.49. The molecule has 1 aliphatic carbocycles. The van der Waals surface area contributed by atoms with Gasteiger partial charge < -0.3 is 19.9 Å². The first-order chi connectivity index (χ1) is 11.1. The van der Waals surface area contributed by atoms with E-state index >= 15 is 0 Å². The number of ether oxygens (including phenoxy) is 1. The Hall–Kier alpha value is -1.11. The maximum Gasteiger partial charge on any atom is 0.131 e. The van der Waals surface area contributed by atoms with Gasteiger partial charge in [0.1, 0.15) is 5.82 Å². The summed E-state index contributed by atoms with van der Waals surface area (Å²) in [6, 6.07) is 0.652. The Morgan fingerprint density at radius 2 is 2.00 bits per heavy atom. The third-order valence-electron chi connectivity index (χ3n) is 5.11. The molecule has 1 aromatic heterocycles. The van der Waals surface area contributed by atoms with E-state index in [1.807, 2.05) is 11.7 Å². The fourth-order valence-electron chi connectivity index (χ4n) is 3.66. The molecular weight excluding hydrogens is 290 g/mol. The van der Waals surface area contributed by atoms with Crippen LogP contribution in [0.2, 0.25) is 0 Å². The zero-order valence-electron chi connectivity index (χ0n) is 15.0. The van der Waals surface area contributed by atoms with E-state index in [1.165, 1.54) is 24.2 Å². The van der Waals surface area contributed by atoms with Gasteiger partial charge in [0.05, 0.1) is 18.9 Å². The molecule has 1 aromatic rings. The molecule has 6 nitrogen and oxygen atoms in total. The molecule has 6 heteroatoms. The van der Waals surface area contributed by atoms with Gasteiger partial charge >= 0.3 is 0 Å². The van der Waals surface area contributed by atoms with Gasteiger partial charge in [0, 0.05) is 44.8 Å². The van der Waals surface area contributed by atoms with E-state index in [0.29, 0.717) is 6.04 Å². The predicted octanol–water partition coefficient (Wildman–Crippen LogP) is 0.995. The second-order valence-corrected chi connectivity index (χ2v) is 7.11. The zero-order valence-corrected chi connectivity index (χ0v) is 15.0. The number of aryl methyl sites for hydroxylation is 2.